The predicted octanol–water partition coefficient (Wildman–Crippen LogP) is 0.820. The van der Waals surface area contributed by atoms with Crippen molar-refractivity contribution in [2.45, 2.75) is 13.0 Å². The summed E-state index contributed by atoms with van der Waals surface area (Å²) in [6, 6.07) is 5.16. The van der Waals surface area contributed by atoms with E-state index in [1.165, 1.54) is 4.52 Å². The SMILES string of the molecule is CC(O)CNc1nn2ccccc2c1N([O-])O. The van der Waals surface area contributed by atoms with Crippen molar-refractivity contribution >= 4 is 17.0 Å². The van der Waals surface area contributed by atoms with Gasteiger partial charge < -0.3 is 20.9 Å². The van der Waals surface area contributed by atoms with E-state index < -0.39 is 6.10 Å². The number of hydrogen-bond donors (Lipinski definition) is 3. The van der Waals surface area contributed by atoms with Gasteiger partial charge in [-0.3, -0.25) is 5.21 Å². The van der Waals surface area contributed by atoms with Gasteiger partial charge in [-0.1, -0.05) is 6.07 Å². The molecule has 0 aliphatic rings. The molecule has 3 N–H and O–H groups in total. The number of aromatic nitrogens is 2. The first-order chi connectivity index (χ1) is 8.09. The first-order valence-corrected chi connectivity index (χ1v) is 5.15. The van der Waals surface area contributed by atoms with Crippen LogP contribution < -0.4 is 10.5 Å². The van der Waals surface area contributed by atoms with Crippen molar-refractivity contribution in [2.75, 3.05) is 17.1 Å². The summed E-state index contributed by atoms with van der Waals surface area (Å²) in [7, 11) is 0. The van der Waals surface area contributed by atoms with E-state index in [1.807, 2.05) is 0 Å². The smallest absolute Gasteiger partial charge is 0.174 e. The molecule has 2 aromatic heterocycles. The number of pyridine rings is 1. The minimum absolute atomic E-state index is 0.0336. The number of anilines is 2. The predicted molar refractivity (Wildman–Crippen MR) is 63.0 cm³/mol. The normalized spacial score (nSPS) is 12.7. The topological polar surface area (TPSA) is 96.1 Å². The third-order valence-corrected chi connectivity index (χ3v) is 2.27. The van der Waals surface area contributed by atoms with E-state index in [0.29, 0.717) is 5.52 Å². The van der Waals surface area contributed by atoms with E-state index in [2.05, 4.69) is 10.4 Å². The Kier molecular flexibility index (Phi) is 3.14. The molecule has 17 heavy (non-hydrogen) atoms. The van der Waals surface area contributed by atoms with Crippen LogP contribution in [0.4, 0.5) is 11.5 Å². The van der Waals surface area contributed by atoms with Gasteiger partial charge in [0.2, 0.25) is 0 Å². The summed E-state index contributed by atoms with van der Waals surface area (Å²) in [6.45, 7) is 1.85. The molecule has 0 amide bonds. The highest BCUT2D eigenvalue weighted by Gasteiger charge is 2.13. The number of aliphatic hydroxyl groups is 1. The van der Waals surface area contributed by atoms with Crippen LogP contribution in [0.1, 0.15) is 6.92 Å². The Balaban J connectivity index is 2.43. The number of aliphatic hydroxyl groups excluding tert-OH is 1. The molecule has 0 saturated heterocycles. The van der Waals surface area contributed by atoms with Crippen molar-refractivity contribution in [3.05, 3.63) is 29.6 Å². The summed E-state index contributed by atoms with van der Waals surface area (Å²) >= 11 is 0. The van der Waals surface area contributed by atoms with Crippen LogP contribution in [0, 0.1) is 5.21 Å². The van der Waals surface area contributed by atoms with Crippen LogP contribution in [0.3, 0.4) is 0 Å². The van der Waals surface area contributed by atoms with Gasteiger partial charge in [-0.25, -0.2) is 4.52 Å². The zero-order valence-corrected chi connectivity index (χ0v) is 9.24. The molecule has 2 aromatic rings. The second-order valence-electron chi connectivity index (χ2n) is 3.73. The van der Waals surface area contributed by atoms with Gasteiger partial charge in [-0.2, -0.15) is 0 Å². The van der Waals surface area contributed by atoms with E-state index in [4.69, 9.17) is 10.3 Å². The van der Waals surface area contributed by atoms with Gasteiger partial charge >= 0.3 is 0 Å². The molecular weight excluding hydrogens is 224 g/mol. The largest absolute Gasteiger partial charge is 0.733 e. The van der Waals surface area contributed by atoms with Gasteiger partial charge in [0.25, 0.3) is 0 Å². The van der Waals surface area contributed by atoms with Crippen LogP contribution in [-0.4, -0.2) is 32.6 Å². The Bertz CT molecular complexity index is 509. The van der Waals surface area contributed by atoms with Crippen molar-refractivity contribution in [1.29, 1.82) is 0 Å². The fraction of sp³-hybridized carbons (Fsp3) is 0.300. The summed E-state index contributed by atoms with van der Waals surface area (Å²) in [5, 5.41) is 36.0. The molecule has 0 aliphatic carbocycles. The lowest BCUT2D eigenvalue weighted by Gasteiger charge is -2.21. The van der Waals surface area contributed by atoms with Crippen LogP contribution in [0.15, 0.2) is 24.4 Å². The van der Waals surface area contributed by atoms with Gasteiger partial charge in [0.1, 0.15) is 5.69 Å². The summed E-state index contributed by atoms with van der Waals surface area (Å²) in [6.07, 6.45) is 1.09. The summed E-state index contributed by atoms with van der Waals surface area (Å²) in [5.74, 6) is 0.231. The average Bonchev–Trinajstić information content (AvgIpc) is 2.64. The van der Waals surface area contributed by atoms with Gasteiger partial charge in [-0.15, -0.1) is 5.10 Å². The first-order valence-electron chi connectivity index (χ1n) is 5.15. The van der Waals surface area contributed by atoms with Crippen LogP contribution in [0.2, 0.25) is 0 Å². The van der Waals surface area contributed by atoms with Crippen molar-refractivity contribution < 1.29 is 10.3 Å². The highest BCUT2D eigenvalue weighted by molar-refractivity contribution is 5.83. The monoisotopic (exact) mass is 237 g/mol. The molecule has 2 heterocycles. The van der Waals surface area contributed by atoms with Crippen LogP contribution in [-0.2, 0) is 0 Å². The Labute approximate surface area is 97.4 Å². The molecule has 0 aliphatic heterocycles. The molecule has 2 rings (SSSR count). The molecule has 1 unspecified atom stereocenters. The number of rotatable bonds is 4. The maximum atomic E-state index is 11.1. The number of nitrogens with one attached hydrogen (secondary N) is 1. The summed E-state index contributed by atoms with van der Waals surface area (Å²) in [5.41, 5.74) is 0.518. The Morgan fingerprint density at radius 2 is 2.35 bits per heavy atom. The van der Waals surface area contributed by atoms with Gasteiger partial charge in [0, 0.05) is 12.7 Å². The van der Waals surface area contributed by atoms with Crippen molar-refractivity contribution in [3.8, 4) is 0 Å². The summed E-state index contributed by atoms with van der Waals surface area (Å²) in [4.78, 5) is 0. The van der Waals surface area contributed by atoms with Crippen LogP contribution in [0.5, 0.6) is 0 Å². The number of nitrogens with zero attached hydrogens (tertiary/aromatic N) is 3. The van der Waals surface area contributed by atoms with E-state index in [0.717, 1.165) is 0 Å². The highest BCUT2D eigenvalue weighted by Crippen LogP contribution is 2.28. The van der Waals surface area contributed by atoms with Crippen molar-refractivity contribution in [3.63, 3.8) is 0 Å². The highest BCUT2D eigenvalue weighted by atomic mass is 16.8. The van der Waals surface area contributed by atoms with Crippen molar-refractivity contribution in [2.24, 2.45) is 0 Å². The first kappa shape index (κ1) is 11.6. The third kappa shape index (κ3) is 2.31. The van der Waals surface area contributed by atoms with Gasteiger partial charge in [0.05, 0.1) is 11.6 Å². The van der Waals surface area contributed by atoms with Crippen molar-refractivity contribution in [1.82, 2.24) is 9.61 Å². The number of fused-ring (bicyclic) bond motifs is 1. The lowest BCUT2D eigenvalue weighted by molar-refractivity contribution is 0.208. The average molecular weight is 237 g/mol. The summed E-state index contributed by atoms with van der Waals surface area (Å²) < 4.78 is 1.47. The number of hydrogen-bond acceptors (Lipinski definition) is 6. The second-order valence-corrected chi connectivity index (χ2v) is 3.73. The quantitative estimate of drug-likeness (QED) is 0.681. The molecule has 0 fully saturated rings. The zero-order valence-electron chi connectivity index (χ0n) is 9.24. The molecule has 1 atom stereocenters. The molecular formula is C10H13N4O3-. The van der Waals surface area contributed by atoms with E-state index in [9.17, 15) is 5.21 Å². The molecule has 7 nitrogen and oxygen atoms in total. The van der Waals surface area contributed by atoms with Gasteiger partial charge in [-0.05, 0) is 19.1 Å². The fourth-order valence-corrected chi connectivity index (χ4v) is 1.54. The Morgan fingerprint density at radius 3 is 3.00 bits per heavy atom. The minimum atomic E-state index is -0.577. The standard InChI is InChI=1S/C10H13N4O3/c1-7(15)6-11-10-9(14(16)17)8-4-2-3-5-13(8)12-10/h2-5,7,15-16H,6H2,1H3,(H,11,12)/q-1. The molecule has 7 heteroatoms. The molecule has 0 saturated carbocycles. The lowest BCUT2D eigenvalue weighted by atomic mass is 10.3. The molecule has 92 valence electrons. The Hall–Kier alpha value is -1.83. The molecule has 0 spiro atoms. The third-order valence-electron chi connectivity index (χ3n) is 2.27. The molecule has 0 radical (unpaired) electrons. The van der Waals surface area contributed by atoms with Crippen LogP contribution >= 0.6 is 0 Å². The minimum Gasteiger partial charge on any atom is -0.733 e. The van der Waals surface area contributed by atoms with E-state index >= 15 is 0 Å². The maximum absolute atomic E-state index is 11.1. The second kappa shape index (κ2) is 4.58. The maximum Gasteiger partial charge on any atom is 0.174 e. The van der Waals surface area contributed by atoms with E-state index in [1.54, 1.807) is 31.3 Å². The zero-order chi connectivity index (χ0) is 12.4. The molecule has 0 aromatic carbocycles. The molecule has 0 bridgehead atoms. The van der Waals surface area contributed by atoms with Crippen LogP contribution in [0.25, 0.3) is 5.52 Å². The van der Waals surface area contributed by atoms with E-state index in [-0.39, 0.29) is 23.3 Å². The lowest BCUT2D eigenvalue weighted by Crippen LogP contribution is -2.17. The fourth-order valence-electron chi connectivity index (χ4n) is 1.54. The Morgan fingerprint density at radius 1 is 1.59 bits per heavy atom. The van der Waals surface area contributed by atoms with Gasteiger partial charge in [0.15, 0.2) is 5.82 Å².